The van der Waals surface area contributed by atoms with Crippen LogP contribution >= 0.6 is 11.6 Å². The number of nitrogens with one attached hydrogen (secondary N) is 2. The first-order valence-corrected chi connectivity index (χ1v) is 8.38. The van der Waals surface area contributed by atoms with E-state index in [-0.39, 0.29) is 11.8 Å². The molecule has 0 aliphatic rings. The highest BCUT2D eigenvalue weighted by atomic mass is 35.5. The summed E-state index contributed by atoms with van der Waals surface area (Å²) in [5, 5.41) is 9.88. The lowest BCUT2D eigenvalue weighted by molar-refractivity contribution is -0.114. The largest absolute Gasteiger partial charge is 0.342 e. The Morgan fingerprint density at radius 1 is 1.15 bits per heavy atom. The van der Waals surface area contributed by atoms with Crippen molar-refractivity contribution in [1.82, 2.24) is 30.0 Å². The molecule has 2 aromatic heterocycles. The minimum atomic E-state index is -0.480. The molecular formula is C17H16ClN7O2. The number of carbonyl (C=O) groups is 2. The van der Waals surface area contributed by atoms with Crippen LogP contribution < -0.4 is 10.6 Å². The lowest BCUT2D eigenvalue weighted by atomic mass is 10.1. The van der Waals surface area contributed by atoms with Gasteiger partial charge in [-0.15, -0.1) is 0 Å². The van der Waals surface area contributed by atoms with E-state index in [0.717, 1.165) is 0 Å². The normalized spacial score (nSPS) is 11.7. The summed E-state index contributed by atoms with van der Waals surface area (Å²) in [6.45, 7) is 3.14. The Morgan fingerprint density at radius 3 is 2.59 bits per heavy atom. The van der Waals surface area contributed by atoms with Gasteiger partial charge in [0.25, 0.3) is 11.9 Å². The molecular weight excluding hydrogens is 370 g/mol. The Morgan fingerprint density at radius 2 is 1.89 bits per heavy atom. The molecule has 9 nitrogen and oxygen atoms in total. The molecule has 0 aliphatic heterocycles. The van der Waals surface area contributed by atoms with Gasteiger partial charge in [0.05, 0.1) is 6.04 Å². The summed E-state index contributed by atoms with van der Waals surface area (Å²) in [4.78, 5) is 36.3. The van der Waals surface area contributed by atoms with Crippen LogP contribution in [-0.2, 0) is 4.79 Å². The molecule has 138 valence electrons. The fourth-order valence-electron chi connectivity index (χ4n) is 2.44. The van der Waals surface area contributed by atoms with Gasteiger partial charge < -0.3 is 10.6 Å². The summed E-state index contributed by atoms with van der Waals surface area (Å²) in [5.41, 5.74) is 0.744. The standard InChI is InChI=1S/C17H16ClN7O2/c1-10(15-21-9-22-25(15)17-19-4-3-5-20-17)23-16(27)12-6-13(18)8-14(7-12)24-11(2)26/h3-10H,1-2H3,(H,23,27)(H,24,26). The lowest BCUT2D eigenvalue weighted by Gasteiger charge is -2.14. The van der Waals surface area contributed by atoms with E-state index in [4.69, 9.17) is 11.6 Å². The van der Waals surface area contributed by atoms with Gasteiger partial charge in [0, 0.05) is 35.6 Å². The zero-order valence-corrected chi connectivity index (χ0v) is 15.3. The summed E-state index contributed by atoms with van der Waals surface area (Å²) >= 11 is 6.04. The third kappa shape index (κ3) is 4.45. The number of rotatable bonds is 5. The second-order valence-corrected chi connectivity index (χ2v) is 6.12. The molecule has 2 amide bonds. The van der Waals surface area contributed by atoms with Crippen LogP contribution in [0, 0.1) is 0 Å². The Balaban J connectivity index is 1.80. The Bertz CT molecular complexity index is 974. The molecule has 3 aromatic rings. The predicted molar refractivity (Wildman–Crippen MR) is 98.6 cm³/mol. The van der Waals surface area contributed by atoms with E-state index in [1.54, 1.807) is 37.5 Å². The first-order valence-electron chi connectivity index (χ1n) is 8.00. The van der Waals surface area contributed by atoms with Gasteiger partial charge in [-0.05, 0) is 31.2 Å². The van der Waals surface area contributed by atoms with Crippen LogP contribution in [-0.4, -0.2) is 36.5 Å². The average molecular weight is 386 g/mol. The van der Waals surface area contributed by atoms with Gasteiger partial charge in [-0.3, -0.25) is 9.59 Å². The first kappa shape index (κ1) is 18.5. The molecule has 3 rings (SSSR count). The number of carbonyl (C=O) groups excluding carboxylic acids is 2. The molecule has 0 saturated carbocycles. The quantitative estimate of drug-likeness (QED) is 0.695. The van der Waals surface area contributed by atoms with E-state index in [1.807, 2.05) is 0 Å². The second-order valence-electron chi connectivity index (χ2n) is 5.68. The summed E-state index contributed by atoms with van der Waals surface area (Å²) in [7, 11) is 0. The smallest absolute Gasteiger partial charge is 0.252 e. The molecule has 1 unspecified atom stereocenters. The van der Waals surface area contributed by atoms with Crippen molar-refractivity contribution in [3.63, 3.8) is 0 Å². The summed E-state index contributed by atoms with van der Waals surface area (Å²) in [6.07, 6.45) is 4.54. The maximum absolute atomic E-state index is 12.6. The van der Waals surface area contributed by atoms with Crippen LogP contribution in [0.1, 0.15) is 36.1 Å². The van der Waals surface area contributed by atoms with Crippen molar-refractivity contribution in [2.45, 2.75) is 19.9 Å². The van der Waals surface area contributed by atoms with Gasteiger partial charge in [0.15, 0.2) is 5.82 Å². The van der Waals surface area contributed by atoms with Crippen molar-refractivity contribution in [3.05, 3.63) is 59.4 Å². The zero-order valence-electron chi connectivity index (χ0n) is 14.5. The van der Waals surface area contributed by atoms with Crippen LogP contribution in [0.4, 0.5) is 5.69 Å². The van der Waals surface area contributed by atoms with Crippen molar-refractivity contribution in [3.8, 4) is 5.95 Å². The highest BCUT2D eigenvalue weighted by Crippen LogP contribution is 2.20. The number of halogens is 1. The molecule has 1 atom stereocenters. The van der Waals surface area contributed by atoms with Gasteiger partial charge in [0.1, 0.15) is 6.33 Å². The van der Waals surface area contributed by atoms with E-state index >= 15 is 0 Å². The minimum absolute atomic E-state index is 0.257. The van der Waals surface area contributed by atoms with Gasteiger partial charge in [-0.25, -0.2) is 15.0 Å². The number of anilines is 1. The van der Waals surface area contributed by atoms with Crippen LogP contribution in [0.5, 0.6) is 0 Å². The molecule has 0 bridgehead atoms. The van der Waals surface area contributed by atoms with Crippen LogP contribution in [0.25, 0.3) is 5.95 Å². The van der Waals surface area contributed by atoms with Crippen LogP contribution in [0.2, 0.25) is 5.02 Å². The van der Waals surface area contributed by atoms with E-state index in [1.165, 1.54) is 24.0 Å². The Kier molecular flexibility index (Phi) is 5.41. The van der Waals surface area contributed by atoms with E-state index in [0.29, 0.717) is 28.0 Å². The second kappa shape index (κ2) is 7.92. The predicted octanol–water partition coefficient (Wildman–Crippen LogP) is 2.16. The molecule has 0 radical (unpaired) electrons. The molecule has 2 heterocycles. The summed E-state index contributed by atoms with van der Waals surface area (Å²) in [6, 6.07) is 5.83. The highest BCUT2D eigenvalue weighted by molar-refractivity contribution is 6.31. The molecule has 2 N–H and O–H groups in total. The average Bonchev–Trinajstić information content (AvgIpc) is 3.11. The van der Waals surface area contributed by atoms with Gasteiger partial charge in [-0.2, -0.15) is 9.78 Å². The van der Waals surface area contributed by atoms with Crippen LogP contribution in [0.15, 0.2) is 43.0 Å². The van der Waals surface area contributed by atoms with Gasteiger partial charge in [0.2, 0.25) is 5.91 Å². The fourth-order valence-corrected chi connectivity index (χ4v) is 2.68. The van der Waals surface area contributed by atoms with Crippen molar-refractivity contribution >= 4 is 29.1 Å². The van der Waals surface area contributed by atoms with Crippen molar-refractivity contribution < 1.29 is 9.59 Å². The SMILES string of the molecule is CC(=O)Nc1cc(Cl)cc(C(=O)NC(C)c2ncnn2-c2ncccn2)c1. The summed E-state index contributed by atoms with van der Waals surface area (Å²) < 4.78 is 1.45. The fraction of sp³-hybridized carbons (Fsp3) is 0.176. The maximum atomic E-state index is 12.6. The topological polar surface area (TPSA) is 115 Å². The molecule has 10 heteroatoms. The summed E-state index contributed by atoms with van der Waals surface area (Å²) in [5.74, 6) is 0.188. The molecule has 0 saturated heterocycles. The Hall–Kier alpha value is -3.33. The molecule has 0 spiro atoms. The molecule has 0 aliphatic carbocycles. The Labute approximate surface area is 159 Å². The maximum Gasteiger partial charge on any atom is 0.252 e. The molecule has 0 fully saturated rings. The van der Waals surface area contributed by atoms with Crippen LogP contribution in [0.3, 0.4) is 0 Å². The number of hydrogen-bond acceptors (Lipinski definition) is 6. The molecule has 27 heavy (non-hydrogen) atoms. The van der Waals surface area contributed by atoms with Crippen molar-refractivity contribution in [2.75, 3.05) is 5.32 Å². The number of nitrogens with zero attached hydrogens (tertiary/aromatic N) is 5. The van der Waals surface area contributed by atoms with Gasteiger partial charge in [-0.1, -0.05) is 11.6 Å². The zero-order chi connectivity index (χ0) is 19.4. The van der Waals surface area contributed by atoms with Gasteiger partial charge >= 0.3 is 0 Å². The minimum Gasteiger partial charge on any atom is -0.342 e. The monoisotopic (exact) mass is 385 g/mol. The van der Waals surface area contributed by atoms with E-state index in [9.17, 15) is 9.59 Å². The third-order valence-corrected chi connectivity index (χ3v) is 3.75. The first-order chi connectivity index (χ1) is 12.9. The van der Waals surface area contributed by atoms with Crippen molar-refractivity contribution in [1.29, 1.82) is 0 Å². The lowest BCUT2D eigenvalue weighted by Crippen LogP contribution is -2.29. The molecule has 1 aromatic carbocycles. The van der Waals surface area contributed by atoms with Crippen molar-refractivity contribution in [2.24, 2.45) is 0 Å². The number of benzene rings is 1. The van der Waals surface area contributed by atoms with E-state index in [2.05, 4.69) is 30.7 Å². The van der Waals surface area contributed by atoms with E-state index < -0.39 is 6.04 Å². The number of hydrogen-bond donors (Lipinski definition) is 2. The third-order valence-electron chi connectivity index (χ3n) is 3.53. The number of amides is 2. The number of aromatic nitrogens is 5. The highest BCUT2D eigenvalue weighted by Gasteiger charge is 2.19.